The molecule has 0 spiro atoms. The number of carbonyl (C=O) groups is 1. The number of aliphatic hydroxyl groups excluding tert-OH is 1. The molecule has 0 bridgehead atoms. The van der Waals surface area contributed by atoms with Crippen molar-refractivity contribution in [3.8, 4) is 0 Å². The monoisotopic (exact) mass is 385 g/mol. The van der Waals surface area contributed by atoms with Crippen molar-refractivity contribution in [3.63, 3.8) is 0 Å². The van der Waals surface area contributed by atoms with Crippen molar-refractivity contribution < 1.29 is 58.2 Å². The van der Waals surface area contributed by atoms with Gasteiger partial charge in [-0.25, -0.2) is 0 Å². The number of nitrogens with zero attached hydrogens (tertiary/aromatic N) is 1. The summed E-state index contributed by atoms with van der Waals surface area (Å²) in [5, 5.41) is 8.96. The first-order chi connectivity index (χ1) is 10.2. The molecule has 1 N–H and O–H groups in total. The van der Waals surface area contributed by atoms with Gasteiger partial charge in [-0.2, -0.15) is 48.3 Å². The number of aliphatic hydroxyl groups is 1. The molecule has 24 heavy (non-hydrogen) atoms. The van der Waals surface area contributed by atoms with Crippen molar-refractivity contribution in [2.45, 2.75) is 42.4 Å². The molecular formula is C10H10F11NO2. The number of carbonyl (C=O) groups excluding carboxylic acids is 1. The molecule has 0 aliphatic carbocycles. The molecule has 3 nitrogen and oxygen atoms in total. The summed E-state index contributed by atoms with van der Waals surface area (Å²) >= 11 is 0. The van der Waals surface area contributed by atoms with Crippen LogP contribution in [0.3, 0.4) is 0 Å². The van der Waals surface area contributed by atoms with Crippen LogP contribution in [0.25, 0.3) is 0 Å². The molecule has 0 aromatic rings. The van der Waals surface area contributed by atoms with Gasteiger partial charge in [0.1, 0.15) is 6.10 Å². The van der Waals surface area contributed by atoms with Crippen LogP contribution < -0.4 is 0 Å². The Morgan fingerprint density at radius 2 is 1.21 bits per heavy atom. The van der Waals surface area contributed by atoms with E-state index in [9.17, 15) is 53.1 Å². The van der Waals surface area contributed by atoms with Crippen LogP contribution in [0.4, 0.5) is 48.3 Å². The van der Waals surface area contributed by atoms with Crippen LogP contribution in [0.2, 0.25) is 0 Å². The van der Waals surface area contributed by atoms with Gasteiger partial charge in [-0.15, -0.1) is 0 Å². The summed E-state index contributed by atoms with van der Waals surface area (Å²) in [6.07, 6.45) is -13.1. The minimum Gasteiger partial charge on any atom is -0.383 e. The van der Waals surface area contributed by atoms with Gasteiger partial charge < -0.3 is 10.0 Å². The van der Waals surface area contributed by atoms with E-state index in [4.69, 9.17) is 5.11 Å². The largest absolute Gasteiger partial charge is 0.460 e. The average Bonchev–Trinajstić information content (AvgIpc) is 2.34. The van der Waals surface area contributed by atoms with Gasteiger partial charge in [0.2, 0.25) is 0 Å². The molecule has 0 rings (SSSR count). The number of hydrogen-bond acceptors (Lipinski definition) is 2. The lowest BCUT2D eigenvalue weighted by molar-refractivity contribution is -0.423. The van der Waals surface area contributed by atoms with E-state index >= 15 is 0 Å². The van der Waals surface area contributed by atoms with Crippen molar-refractivity contribution >= 4 is 5.91 Å². The fourth-order valence-corrected chi connectivity index (χ4v) is 1.36. The van der Waals surface area contributed by atoms with Crippen molar-refractivity contribution in [1.29, 1.82) is 0 Å². The Labute approximate surface area is 127 Å². The van der Waals surface area contributed by atoms with Gasteiger partial charge in [0, 0.05) is 14.1 Å². The van der Waals surface area contributed by atoms with E-state index in [-0.39, 0.29) is 0 Å². The average molecular weight is 385 g/mol. The third-order valence-corrected chi connectivity index (χ3v) is 2.78. The predicted octanol–water partition coefficient (Wildman–Crippen LogP) is 2.93. The lowest BCUT2D eigenvalue weighted by Gasteiger charge is -2.37. The Morgan fingerprint density at radius 1 is 0.833 bits per heavy atom. The second-order valence-electron chi connectivity index (χ2n) is 4.88. The summed E-state index contributed by atoms with van der Waals surface area (Å²) in [6.45, 7) is 0. The van der Waals surface area contributed by atoms with E-state index in [0.717, 1.165) is 14.1 Å². The lowest BCUT2D eigenvalue weighted by atomic mass is 9.94. The number of hydrogen-bond donors (Lipinski definition) is 1. The Morgan fingerprint density at radius 3 is 1.50 bits per heavy atom. The van der Waals surface area contributed by atoms with Crippen LogP contribution in [0.5, 0.6) is 0 Å². The van der Waals surface area contributed by atoms with Crippen molar-refractivity contribution in [3.05, 3.63) is 0 Å². The van der Waals surface area contributed by atoms with Crippen molar-refractivity contribution in [2.24, 2.45) is 0 Å². The smallest absolute Gasteiger partial charge is 0.383 e. The van der Waals surface area contributed by atoms with Gasteiger partial charge in [-0.1, -0.05) is 0 Å². The van der Waals surface area contributed by atoms with Crippen molar-refractivity contribution in [1.82, 2.24) is 4.90 Å². The molecule has 0 fully saturated rings. The molecule has 0 aliphatic heterocycles. The summed E-state index contributed by atoms with van der Waals surface area (Å²) < 4.78 is 139. The van der Waals surface area contributed by atoms with E-state index in [1.165, 1.54) is 0 Å². The molecule has 0 saturated carbocycles. The Hall–Kier alpha value is -1.34. The molecule has 1 amide bonds. The maximum absolute atomic E-state index is 13.2. The van der Waals surface area contributed by atoms with E-state index in [2.05, 4.69) is 0 Å². The van der Waals surface area contributed by atoms with Gasteiger partial charge in [0.05, 0.1) is 6.42 Å². The van der Waals surface area contributed by atoms with Crippen LogP contribution in [-0.4, -0.2) is 66.0 Å². The summed E-state index contributed by atoms with van der Waals surface area (Å²) in [7, 11) is 1.68. The molecular weight excluding hydrogens is 375 g/mol. The fourth-order valence-electron chi connectivity index (χ4n) is 1.36. The minimum absolute atomic E-state index is 0.376. The van der Waals surface area contributed by atoms with Gasteiger partial charge in [0.15, 0.2) is 0 Å². The second kappa shape index (κ2) is 6.19. The molecule has 1 atom stereocenters. The van der Waals surface area contributed by atoms with Crippen molar-refractivity contribution in [2.75, 3.05) is 14.1 Å². The summed E-state index contributed by atoms with van der Waals surface area (Å²) in [5.41, 5.74) is 0. The van der Waals surface area contributed by atoms with Gasteiger partial charge in [0.25, 0.3) is 5.91 Å². The highest BCUT2D eigenvalue weighted by molar-refractivity contribution is 5.80. The standard InChI is InChI=1S/C10H10F11NO2/c1-22(2)5(24)4(23)3-6(11,12)7(13,14)8(15,16)9(17,18)10(19,20)21/h4,23H,3H2,1-2H3. The Balaban J connectivity index is 5.81. The highest BCUT2D eigenvalue weighted by Gasteiger charge is 2.87. The summed E-state index contributed by atoms with van der Waals surface area (Å²) in [5.74, 6) is -30.2. The minimum atomic E-state index is -7.55. The van der Waals surface area contributed by atoms with Crippen LogP contribution >= 0.6 is 0 Å². The zero-order chi connectivity index (χ0) is 19.9. The highest BCUT2D eigenvalue weighted by Crippen LogP contribution is 2.58. The SMILES string of the molecule is CN(C)C(=O)C(O)CC(F)(F)C(F)(F)C(F)(F)C(F)(F)C(F)(F)F. The molecule has 0 aromatic carbocycles. The lowest BCUT2D eigenvalue weighted by Crippen LogP contribution is -2.67. The maximum Gasteiger partial charge on any atom is 0.460 e. The number of halogens is 11. The van der Waals surface area contributed by atoms with Crippen LogP contribution in [0.1, 0.15) is 6.42 Å². The van der Waals surface area contributed by atoms with E-state index in [0.29, 0.717) is 4.90 Å². The highest BCUT2D eigenvalue weighted by atomic mass is 19.4. The van der Waals surface area contributed by atoms with Crippen LogP contribution in [0.15, 0.2) is 0 Å². The van der Waals surface area contributed by atoms with Gasteiger partial charge in [-0.3, -0.25) is 4.79 Å². The summed E-state index contributed by atoms with van der Waals surface area (Å²) in [6, 6.07) is 0. The number of amides is 1. The molecule has 1 unspecified atom stereocenters. The van der Waals surface area contributed by atoms with E-state index in [1.54, 1.807) is 0 Å². The van der Waals surface area contributed by atoms with Crippen LogP contribution in [0, 0.1) is 0 Å². The molecule has 0 saturated heterocycles. The molecule has 0 heterocycles. The molecule has 0 aliphatic rings. The second-order valence-corrected chi connectivity index (χ2v) is 4.88. The number of likely N-dealkylation sites (N-methyl/N-ethyl adjacent to an activating group) is 1. The first kappa shape index (κ1) is 22.7. The topological polar surface area (TPSA) is 40.5 Å². The number of alkyl halides is 11. The maximum atomic E-state index is 13.2. The Kier molecular flexibility index (Phi) is 5.84. The molecule has 0 radical (unpaired) electrons. The zero-order valence-corrected chi connectivity index (χ0v) is 11.7. The van der Waals surface area contributed by atoms with Gasteiger partial charge >= 0.3 is 29.9 Å². The molecule has 144 valence electrons. The first-order valence-corrected chi connectivity index (χ1v) is 5.71. The zero-order valence-electron chi connectivity index (χ0n) is 11.7. The van der Waals surface area contributed by atoms with E-state index < -0.39 is 48.3 Å². The third kappa shape index (κ3) is 3.52. The fraction of sp³-hybridized carbons (Fsp3) is 0.900. The van der Waals surface area contributed by atoms with E-state index in [1.807, 2.05) is 0 Å². The molecule has 0 aromatic heterocycles. The quantitative estimate of drug-likeness (QED) is 0.715. The summed E-state index contributed by atoms with van der Waals surface area (Å²) in [4.78, 5) is 11.4. The van der Waals surface area contributed by atoms with Gasteiger partial charge in [-0.05, 0) is 0 Å². The molecule has 14 heteroatoms. The van der Waals surface area contributed by atoms with Crippen LogP contribution in [-0.2, 0) is 4.79 Å². The third-order valence-electron chi connectivity index (χ3n) is 2.78. The first-order valence-electron chi connectivity index (χ1n) is 5.71. The predicted molar refractivity (Wildman–Crippen MR) is 55.2 cm³/mol. The normalized spacial score (nSPS) is 16.1. The Bertz CT molecular complexity index is 472. The number of rotatable bonds is 6.